The number of likely N-dealkylation sites (tertiary alicyclic amines) is 1. The lowest BCUT2D eigenvalue weighted by Crippen LogP contribution is -2.44. The van der Waals surface area contributed by atoms with Gasteiger partial charge in [0.05, 0.1) is 11.6 Å². The number of nitrogens with zero attached hydrogens (tertiary/aromatic N) is 3. The zero-order valence-corrected chi connectivity index (χ0v) is 25.3. The van der Waals surface area contributed by atoms with E-state index in [4.69, 9.17) is 9.72 Å². The van der Waals surface area contributed by atoms with Gasteiger partial charge in [0.1, 0.15) is 18.0 Å². The number of carboxylic acid groups (broad SMARTS) is 1. The maximum Gasteiger partial charge on any atom is 0.307 e. The van der Waals surface area contributed by atoms with Crippen molar-refractivity contribution in [3.63, 3.8) is 0 Å². The van der Waals surface area contributed by atoms with Gasteiger partial charge in [0.15, 0.2) is 5.13 Å². The van der Waals surface area contributed by atoms with E-state index in [2.05, 4.69) is 16.3 Å². The largest absolute Gasteiger partial charge is 0.488 e. The van der Waals surface area contributed by atoms with Gasteiger partial charge in [-0.15, -0.1) is 11.3 Å². The highest BCUT2D eigenvalue weighted by Crippen LogP contribution is 2.44. The number of alkyl halides is 1. The third-order valence-electron chi connectivity index (χ3n) is 9.36. The molecule has 1 N–H and O–H groups in total. The molecule has 6 rings (SSSR count). The molecular weight excluding hydrogens is 553 g/mol. The van der Waals surface area contributed by atoms with E-state index in [1.165, 1.54) is 0 Å². The van der Waals surface area contributed by atoms with E-state index in [1.54, 1.807) is 23.2 Å². The molecule has 3 heterocycles. The van der Waals surface area contributed by atoms with Crippen LogP contribution in [0, 0.1) is 31.6 Å². The van der Waals surface area contributed by atoms with Gasteiger partial charge in [-0.25, -0.2) is 9.37 Å². The molecule has 0 radical (unpaired) electrons. The maximum atomic E-state index is 14.2. The Balaban J connectivity index is 1.14. The highest BCUT2D eigenvalue weighted by Gasteiger charge is 2.46. The number of hydrogen-bond acceptors (Lipinski definition) is 6. The second kappa shape index (κ2) is 11.3. The average Bonchev–Trinajstić information content (AvgIpc) is 3.55. The maximum absolute atomic E-state index is 14.2. The van der Waals surface area contributed by atoms with Crippen molar-refractivity contribution in [2.24, 2.45) is 17.8 Å². The number of fused-ring (bicyclic) bond motifs is 2. The number of halogens is 1. The van der Waals surface area contributed by atoms with Crippen molar-refractivity contribution in [2.75, 3.05) is 31.1 Å². The van der Waals surface area contributed by atoms with Crippen LogP contribution in [0.1, 0.15) is 59.7 Å². The van der Waals surface area contributed by atoms with Crippen LogP contribution < -0.4 is 9.64 Å². The summed E-state index contributed by atoms with van der Waals surface area (Å²) in [5.74, 6) is 0.161. The summed E-state index contributed by atoms with van der Waals surface area (Å²) >= 11 is 1.59. The number of benzene rings is 2. The molecule has 0 spiro atoms. The standard InChI is InChI=1S/C33H38FN3O4S/c1-20-4-9-28(41-18-25-8-5-22(15-21(25)2)30(38)36-12-10-33(3,34)11-13-36)26(14-20)27-19-42-32(35-27)37-16-23-6-7-24(17-37)29(23)31(39)40/h4-5,8-9,14-15,19,23-24,29H,6-7,10-13,16-18H2,1-3H3,(H,39,40). The number of piperidine rings is 2. The lowest BCUT2D eigenvalue weighted by molar-refractivity contribution is -0.144. The molecule has 1 aromatic heterocycles. The number of aliphatic carboxylic acids is 1. The number of ether oxygens (including phenoxy) is 1. The summed E-state index contributed by atoms with van der Waals surface area (Å²) < 4.78 is 20.5. The minimum absolute atomic E-state index is 0.0542. The van der Waals surface area contributed by atoms with Gasteiger partial charge < -0.3 is 19.6 Å². The van der Waals surface area contributed by atoms with E-state index < -0.39 is 11.6 Å². The van der Waals surface area contributed by atoms with E-state index in [0.717, 1.165) is 64.8 Å². The third kappa shape index (κ3) is 5.76. The van der Waals surface area contributed by atoms with Crippen LogP contribution in [-0.4, -0.2) is 58.7 Å². The van der Waals surface area contributed by atoms with Crippen LogP contribution in [0.3, 0.4) is 0 Å². The number of aromatic nitrogens is 1. The highest BCUT2D eigenvalue weighted by atomic mass is 32.1. The van der Waals surface area contributed by atoms with Crippen LogP contribution in [0.5, 0.6) is 5.75 Å². The van der Waals surface area contributed by atoms with Crippen LogP contribution in [-0.2, 0) is 11.4 Å². The summed E-state index contributed by atoms with van der Waals surface area (Å²) in [6.07, 6.45) is 2.68. The van der Waals surface area contributed by atoms with E-state index >= 15 is 0 Å². The molecule has 2 aromatic carbocycles. The second-order valence-corrected chi connectivity index (χ2v) is 13.4. The van der Waals surface area contributed by atoms with E-state index in [9.17, 15) is 19.1 Å². The first-order valence-corrected chi connectivity index (χ1v) is 15.7. The van der Waals surface area contributed by atoms with Gasteiger partial charge in [-0.1, -0.05) is 17.7 Å². The Morgan fingerprint density at radius 2 is 1.81 bits per heavy atom. The monoisotopic (exact) mass is 591 g/mol. The fourth-order valence-corrected chi connectivity index (χ4v) is 7.64. The van der Waals surface area contributed by atoms with Gasteiger partial charge in [0.2, 0.25) is 0 Å². The smallest absolute Gasteiger partial charge is 0.307 e. The van der Waals surface area contributed by atoms with Crippen molar-refractivity contribution in [1.29, 1.82) is 0 Å². The first-order chi connectivity index (χ1) is 20.1. The summed E-state index contributed by atoms with van der Waals surface area (Å²) in [4.78, 5) is 33.8. The average molecular weight is 592 g/mol. The summed E-state index contributed by atoms with van der Waals surface area (Å²) in [5, 5.41) is 12.7. The molecule has 2 saturated heterocycles. The lowest BCUT2D eigenvalue weighted by atomic mass is 9.85. The number of aryl methyl sites for hydroxylation is 2. The van der Waals surface area contributed by atoms with Crippen molar-refractivity contribution >= 4 is 28.3 Å². The minimum atomic E-state index is -1.19. The Bertz CT molecular complexity index is 1480. The summed E-state index contributed by atoms with van der Waals surface area (Å²) in [7, 11) is 0. The van der Waals surface area contributed by atoms with E-state index in [0.29, 0.717) is 38.1 Å². The summed E-state index contributed by atoms with van der Waals surface area (Å²) in [5.41, 5.74) is 4.27. The Kier molecular flexibility index (Phi) is 7.72. The first-order valence-electron chi connectivity index (χ1n) is 14.8. The molecule has 3 fully saturated rings. The van der Waals surface area contributed by atoms with Gasteiger partial charge in [0.25, 0.3) is 5.91 Å². The van der Waals surface area contributed by atoms with Gasteiger partial charge in [-0.2, -0.15) is 0 Å². The van der Waals surface area contributed by atoms with Crippen molar-refractivity contribution in [1.82, 2.24) is 9.88 Å². The molecule has 3 aliphatic rings. The molecule has 2 aliphatic heterocycles. The summed E-state index contributed by atoms with van der Waals surface area (Å²) in [6, 6.07) is 11.8. The van der Waals surface area contributed by atoms with Crippen molar-refractivity contribution < 1.29 is 23.8 Å². The number of rotatable bonds is 7. The first kappa shape index (κ1) is 28.6. The number of hydrogen-bond donors (Lipinski definition) is 1. The number of carbonyl (C=O) groups excluding carboxylic acids is 1. The molecule has 1 aliphatic carbocycles. The number of carbonyl (C=O) groups is 2. The third-order valence-corrected chi connectivity index (χ3v) is 10.3. The molecule has 42 heavy (non-hydrogen) atoms. The van der Waals surface area contributed by atoms with Crippen LogP contribution in [0.2, 0.25) is 0 Å². The molecule has 2 atom stereocenters. The number of thiazole rings is 1. The predicted molar refractivity (Wildman–Crippen MR) is 162 cm³/mol. The van der Waals surface area contributed by atoms with Crippen LogP contribution >= 0.6 is 11.3 Å². The Morgan fingerprint density at radius 3 is 2.48 bits per heavy atom. The van der Waals surface area contributed by atoms with Gasteiger partial charge in [-0.3, -0.25) is 9.59 Å². The quantitative estimate of drug-likeness (QED) is 0.337. The fourth-order valence-electron chi connectivity index (χ4n) is 6.79. The molecule has 1 saturated carbocycles. The SMILES string of the molecule is Cc1ccc(OCc2ccc(C(=O)N3CCC(C)(F)CC3)cc2C)c(-c2csc(N3CC4CCC(C3)C4C(=O)O)n2)c1. The molecule has 2 bridgehead atoms. The summed E-state index contributed by atoms with van der Waals surface area (Å²) in [6.45, 7) is 8.33. The van der Waals surface area contributed by atoms with Crippen molar-refractivity contribution in [2.45, 2.75) is 58.7 Å². The van der Waals surface area contributed by atoms with Crippen molar-refractivity contribution in [3.05, 3.63) is 64.0 Å². The Morgan fingerprint density at radius 1 is 1.10 bits per heavy atom. The minimum Gasteiger partial charge on any atom is -0.488 e. The van der Waals surface area contributed by atoms with Crippen LogP contribution in [0.15, 0.2) is 41.8 Å². The van der Waals surface area contributed by atoms with Gasteiger partial charge >= 0.3 is 5.97 Å². The molecule has 1 amide bonds. The Labute approximate surface area is 250 Å². The molecule has 7 nitrogen and oxygen atoms in total. The molecule has 222 valence electrons. The van der Waals surface area contributed by atoms with Crippen LogP contribution in [0.4, 0.5) is 9.52 Å². The fraction of sp³-hybridized carbons (Fsp3) is 0.485. The zero-order valence-electron chi connectivity index (χ0n) is 24.4. The van der Waals surface area contributed by atoms with E-state index in [1.807, 2.05) is 44.2 Å². The molecule has 3 aromatic rings. The zero-order chi connectivity index (χ0) is 29.6. The van der Waals surface area contributed by atoms with Gasteiger partial charge in [0, 0.05) is 42.7 Å². The number of amides is 1. The molecular formula is C33H38FN3O4S. The molecule has 9 heteroatoms. The number of carboxylic acids is 1. The van der Waals surface area contributed by atoms with Gasteiger partial charge in [-0.05, 0) is 93.7 Å². The van der Waals surface area contributed by atoms with Crippen molar-refractivity contribution in [3.8, 4) is 17.0 Å². The predicted octanol–water partition coefficient (Wildman–Crippen LogP) is 6.52. The molecule has 2 unspecified atom stereocenters. The Hall–Kier alpha value is -3.46. The van der Waals surface area contributed by atoms with E-state index in [-0.39, 0.29) is 23.7 Å². The topological polar surface area (TPSA) is 83.0 Å². The number of anilines is 1. The normalized spacial score (nSPS) is 23.2. The van der Waals surface area contributed by atoms with Crippen LogP contribution in [0.25, 0.3) is 11.3 Å². The highest BCUT2D eigenvalue weighted by molar-refractivity contribution is 7.14. The second-order valence-electron chi connectivity index (χ2n) is 12.5. The lowest BCUT2D eigenvalue weighted by Gasteiger charge is -2.35.